The standard InChI is InChI=1S/C19H19N2/c1-14-6-4-5-7-17(14)19-12-18(15(2)13-21(19)3)16-8-10-20-11-9-16/h4-13H,1-3H3/q+1. The van der Waals surface area contributed by atoms with Crippen LogP contribution in [0.1, 0.15) is 11.1 Å². The number of hydrogen-bond acceptors (Lipinski definition) is 1. The molecule has 2 heteroatoms. The average Bonchev–Trinajstić information content (AvgIpc) is 2.49. The molecular weight excluding hydrogens is 256 g/mol. The Morgan fingerprint density at radius 1 is 0.857 bits per heavy atom. The van der Waals surface area contributed by atoms with Crippen LogP contribution in [0.4, 0.5) is 0 Å². The van der Waals surface area contributed by atoms with Gasteiger partial charge in [0.15, 0.2) is 6.20 Å². The van der Waals surface area contributed by atoms with Gasteiger partial charge in [-0.05, 0) is 48.7 Å². The summed E-state index contributed by atoms with van der Waals surface area (Å²) in [5.74, 6) is 0. The van der Waals surface area contributed by atoms with Crippen LogP contribution < -0.4 is 4.57 Å². The topological polar surface area (TPSA) is 16.8 Å². The summed E-state index contributed by atoms with van der Waals surface area (Å²) >= 11 is 0. The molecule has 0 unspecified atom stereocenters. The fourth-order valence-electron chi connectivity index (χ4n) is 2.75. The lowest BCUT2D eigenvalue weighted by Gasteiger charge is -2.09. The summed E-state index contributed by atoms with van der Waals surface area (Å²) < 4.78 is 2.20. The minimum Gasteiger partial charge on any atom is -0.265 e. The molecule has 104 valence electrons. The van der Waals surface area contributed by atoms with Crippen molar-refractivity contribution in [3.63, 3.8) is 0 Å². The highest BCUT2D eigenvalue weighted by atomic mass is 14.9. The molecule has 0 saturated carbocycles. The van der Waals surface area contributed by atoms with Crippen LogP contribution in [-0.2, 0) is 7.05 Å². The third-order valence-electron chi connectivity index (χ3n) is 3.89. The maximum atomic E-state index is 4.11. The summed E-state index contributed by atoms with van der Waals surface area (Å²) in [7, 11) is 2.10. The van der Waals surface area contributed by atoms with Crippen LogP contribution in [0.5, 0.6) is 0 Å². The van der Waals surface area contributed by atoms with Crippen molar-refractivity contribution in [1.29, 1.82) is 0 Å². The summed E-state index contributed by atoms with van der Waals surface area (Å²) in [5, 5.41) is 0. The van der Waals surface area contributed by atoms with Crippen LogP contribution in [0.3, 0.4) is 0 Å². The van der Waals surface area contributed by atoms with Crippen molar-refractivity contribution in [2.24, 2.45) is 7.05 Å². The molecule has 2 heterocycles. The maximum Gasteiger partial charge on any atom is 0.213 e. The third kappa shape index (κ3) is 2.57. The first kappa shape index (κ1) is 13.5. The van der Waals surface area contributed by atoms with E-state index < -0.39 is 0 Å². The normalized spacial score (nSPS) is 10.6. The maximum absolute atomic E-state index is 4.11. The fourth-order valence-corrected chi connectivity index (χ4v) is 2.75. The van der Waals surface area contributed by atoms with Crippen molar-refractivity contribution >= 4 is 0 Å². The molecule has 2 aromatic heterocycles. The molecule has 0 radical (unpaired) electrons. The number of rotatable bonds is 2. The lowest BCUT2D eigenvalue weighted by molar-refractivity contribution is -0.660. The van der Waals surface area contributed by atoms with Gasteiger partial charge in [-0.2, -0.15) is 0 Å². The Bertz CT molecular complexity index is 777. The number of aromatic nitrogens is 2. The van der Waals surface area contributed by atoms with Crippen LogP contribution in [0.25, 0.3) is 22.4 Å². The number of hydrogen-bond donors (Lipinski definition) is 0. The molecule has 2 nitrogen and oxygen atoms in total. The Morgan fingerprint density at radius 2 is 1.57 bits per heavy atom. The summed E-state index contributed by atoms with van der Waals surface area (Å²) in [6, 6.07) is 14.9. The van der Waals surface area contributed by atoms with Crippen molar-refractivity contribution in [2.45, 2.75) is 13.8 Å². The van der Waals surface area contributed by atoms with E-state index >= 15 is 0 Å². The van der Waals surface area contributed by atoms with Crippen molar-refractivity contribution < 1.29 is 4.57 Å². The van der Waals surface area contributed by atoms with Gasteiger partial charge in [0.25, 0.3) is 0 Å². The molecule has 0 saturated heterocycles. The summed E-state index contributed by atoms with van der Waals surface area (Å²) in [5.41, 5.74) is 7.52. The van der Waals surface area contributed by atoms with Gasteiger partial charge in [0.2, 0.25) is 5.69 Å². The van der Waals surface area contributed by atoms with Crippen LogP contribution in [0.15, 0.2) is 61.1 Å². The van der Waals surface area contributed by atoms with E-state index in [1.54, 1.807) is 0 Å². The van der Waals surface area contributed by atoms with Gasteiger partial charge < -0.3 is 0 Å². The molecule has 0 aliphatic carbocycles. The second-order valence-corrected chi connectivity index (χ2v) is 5.42. The number of benzene rings is 1. The van der Waals surface area contributed by atoms with Crippen molar-refractivity contribution in [2.75, 3.05) is 0 Å². The lowest BCUT2D eigenvalue weighted by Crippen LogP contribution is -2.31. The van der Waals surface area contributed by atoms with Crippen LogP contribution in [-0.4, -0.2) is 4.98 Å². The third-order valence-corrected chi connectivity index (χ3v) is 3.89. The summed E-state index contributed by atoms with van der Waals surface area (Å²) in [6.07, 6.45) is 5.88. The van der Waals surface area contributed by atoms with E-state index in [1.807, 2.05) is 12.4 Å². The van der Waals surface area contributed by atoms with E-state index in [0.717, 1.165) is 0 Å². The molecule has 0 fully saturated rings. The van der Waals surface area contributed by atoms with Gasteiger partial charge in [0.05, 0.1) is 0 Å². The summed E-state index contributed by atoms with van der Waals surface area (Å²) in [4.78, 5) is 4.11. The molecule has 21 heavy (non-hydrogen) atoms. The molecule has 1 aromatic carbocycles. The van der Waals surface area contributed by atoms with Crippen LogP contribution in [0.2, 0.25) is 0 Å². The predicted molar refractivity (Wildman–Crippen MR) is 85.8 cm³/mol. The Balaban J connectivity index is 2.22. The van der Waals surface area contributed by atoms with Crippen molar-refractivity contribution in [3.05, 3.63) is 72.2 Å². The minimum absolute atomic E-state index is 1.21. The largest absolute Gasteiger partial charge is 0.265 e. The van der Waals surface area contributed by atoms with E-state index in [1.165, 1.54) is 33.5 Å². The molecule has 3 rings (SSSR count). The van der Waals surface area contributed by atoms with E-state index in [9.17, 15) is 0 Å². The zero-order valence-corrected chi connectivity index (χ0v) is 12.7. The predicted octanol–water partition coefficient (Wildman–Crippen LogP) is 3.86. The first-order valence-electron chi connectivity index (χ1n) is 7.13. The monoisotopic (exact) mass is 275 g/mol. The molecule has 3 aromatic rings. The number of pyridine rings is 2. The van der Waals surface area contributed by atoms with Gasteiger partial charge in [0, 0.05) is 29.6 Å². The SMILES string of the molecule is Cc1c[n+](C)c(-c2ccccc2C)cc1-c1ccncc1. The second-order valence-electron chi connectivity index (χ2n) is 5.42. The quantitative estimate of drug-likeness (QED) is 0.649. The van der Waals surface area contributed by atoms with Gasteiger partial charge in [-0.25, -0.2) is 4.57 Å². The molecule has 0 amide bonds. The molecule has 0 N–H and O–H groups in total. The molecular formula is C19H19N2+. The fraction of sp³-hybridized carbons (Fsp3) is 0.158. The second kappa shape index (κ2) is 5.49. The molecule has 0 aliphatic heterocycles. The van der Waals surface area contributed by atoms with E-state index in [2.05, 4.69) is 79.1 Å². The molecule has 0 aliphatic rings. The van der Waals surface area contributed by atoms with Gasteiger partial charge >= 0.3 is 0 Å². The van der Waals surface area contributed by atoms with Crippen LogP contribution in [0, 0.1) is 13.8 Å². The van der Waals surface area contributed by atoms with E-state index in [0.29, 0.717) is 0 Å². The minimum atomic E-state index is 1.21. The van der Waals surface area contributed by atoms with Gasteiger partial charge in [-0.3, -0.25) is 4.98 Å². The Labute approximate surface area is 125 Å². The van der Waals surface area contributed by atoms with Crippen molar-refractivity contribution in [3.8, 4) is 22.4 Å². The highest BCUT2D eigenvalue weighted by Crippen LogP contribution is 2.27. The first-order valence-corrected chi connectivity index (χ1v) is 7.13. The number of aryl methyl sites for hydroxylation is 3. The average molecular weight is 275 g/mol. The molecule has 0 bridgehead atoms. The van der Waals surface area contributed by atoms with Crippen molar-refractivity contribution in [1.82, 2.24) is 4.98 Å². The Hall–Kier alpha value is -2.48. The van der Waals surface area contributed by atoms with Gasteiger partial charge in [-0.15, -0.1) is 0 Å². The highest BCUT2D eigenvalue weighted by Gasteiger charge is 2.16. The highest BCUT2D eigenvalue weighted by molar-refractivity contribution is 5.72. The molecule has 0 atom stereocenters. The Morgan fingerprint density at radius 3 is 2.29 bits per heavy atom. The van der Waals surface area contributed by atoms with Gasteiger partial charge in [-0.1, -0.05) is 18.2 Å². The summed E-state index contributed by atoms with van der Waals surface area (Å²) in [6.45, 7) is 4.30. The smallest absolute Gasteiger partial charge is 0.213 e. The first-order chi connectivity index (χ1) is 10.2. The zero-order valence-electron chi connectivity index (χ0n) is 12.7. The van der Waals surface area contributed by atoms with E-state index in [4.69, 9.17) is 0 Å². The zero-order chi connectivity index (χ0) is 14.8. The molecule has 0 spiro atoms. The Kier molecular flexibility index (Phi) is 3.53. The van der Waals surface area contributed by atoms with Crippen LogP contribution >= 0.6 is 0 Å². The van der Waals surface area contributed by atoms with Gasteiger partial charge in [0.1, 0.15) is 7.05 Å². The number of nitrogens with zero attached hydrogens (tertiary/aromatic N) is 2. The van der Waals surface area contributed by atoms with E-state index in [-0.39, 0.29) is 0 Å². The lowest BCUT2D eigenvalue weighted by atomic mass is 9.98.